The number of hydrogen-bond donors (Lipinski definition) is 1. The highest BCUT2D eigenvalue weighted by molar-refractivity contribution is 5.49. The van der Waals surface area contributed by atoms with Gasteiger partial charge in [0.05, 0.1) is 12.2 Å². The van der Waals surface area contributed by atoms with Crippen LogP contribution in [0.15, 0.2) is 12.1 Å². The van der Waals surface area contributed by atoms with E-state index in [1.165, 1.54) is 0 Å². The number of ether oxygens (including phenoxy) is 3. The Labute approximate surface area is 101 Å². The van der Waals surface area contributed by atoms with Crippen LogP contribution in [0.2, 0.25) is 0 Å². The molecule has 1 aliphatic rings. The second-order valence-electron chi connectivity index (χ2n) is 4.65. The molecule has 94 valence electrons. The van der Waals surface area contributed by atoms with Crippen molar-refractivity contribution in [2.24, 2.45) is 0 Å². The van der Waals surface area contributed by atoms with Crippen LogP contribution in [0.5, 0.6) is 11.5 Å². The first kappa shape index (κ1) is 12.2. The fourth-order valence-corrected chi connectivity index (χ4v) is 1.98. The Balaban J connectivity index is 2.48. The summed E-state index contributed by atoms with van der Waals surface area (Å²) in [7, 11) is 1.63. The first-order valence-corrected chi connectivity index (χ1v) is 5.66. The second-order valence-corrected chi connectivity index (χ2v) is 4.65. The van der Waals surface area contributed by atoms with Gasteiger partial charge in [0.15, 0.2) is 11.5 Å². The molecule has 2 rings (SSSR count). The van der Waals surface area contributed by atoms with Crippen LogP contribution in [0.4, 0.5) is 0 Å². The molecule has 0 aliphatic carbocycles. The monoisotopic (exact) mass is 238 g/mol. The highest BCUT2D eigenvalue weighted by Gasteiger charge is 2.24. The van der Waals surface area contributed by atoms with Crippen LogP contribution in [0.25, 0.3) is 0 Å². The second kappa shape index (κ2) is 4.55. The summed E-state index contributed by atoms with van der Waals surface area (Å²) in [6, 6.07) is 3.72. The molecule has 0 bridgehead atoms. The molecule has 0 aromatic heterocycles. The predicted octanol–water partition coefficient (Wildman–Crippen LogP) is 1.83. The van der Waals surface area contributed by atoms with E-state index in [9.17, 15) is 5.11 Å². The minimum atomic E-state index is -0.927. The van der Waals surface area contributed by atoms with E-state index in [2.05, 4.69) is 0 Å². The Bertz CT molecular complexity index is 407. The average Bonchev–Trinajstić information content (AvgIpc) is 2.27. The van der Waals surface area contributed by atoms with Gasteiger partial charge in [-0.15, -0.1) is 0 Å². The van der Waals surface area contributed by atoms with Crippen LogP contribution in [0.3, 0.4) is 0 Å². The molecule has 4 heteroatoms. The summed E-state index contributed by atoms with van der Waals surface area (Å²) >= 11 is 0. The first-order chi connectivity index (χ1) is 8.02. The first-order valence-electron chi connectivity index (χ1n) is 5.66. The SMILES string of the molecule is COCc1cc2c(cc1C(C)(C)O)OCCO2. The van der Waals surface area contributed by atoms with Crippen LogP contribution < -0.4 is 9.47 Å². The summed E-state index contributed by atoms with van der Waals surface area (Å²) in [6.45, 7) is 5.04. The maximum atomic E-state index is 10.1. The van der Waals surface area contributed by atoms with Gasteiger partial charge in [-0.25, -0.2) is 0 Å². The van der Waals surface area contributed by atoms with Crippen LogP contribution in [0.1, 0.15) is 25.0 Å². The molecule has 1 heterocycles. The zero-order valence-corrected chi connectivity index (χ0v) is 10.4. The van der Waals surface area contributed by atoms with E-state index in [4.69, 9.17) is 14.2 Å². The summed E-state index contributed by atoms with van der Waals surface area (Å²) < 4.78 is 16.2. The van der Waals surface area contributed by atoms with E-state index in [1.807, 2.05) is 12.1 Å². The minimum absolute atomic E-state index is 0.440. The smallest absolute Gasteiger partial charge is 0.161 e. The van der Waals surface area contributed by atoms with E-state index < -0.39 is 5.60 Å². The maximum Gasteiger partial charge on any atom is 0.161 e. The van der Waals surface area contributed by atoms with E-state index in [1.54, 1.807) is 21.0 Å². The van der Waals surface area contributed by atoms with Crippen molar-refractivity contribution in [1.29, 1.82) is 0 Å². The summed E-state index contributed by atoms with van der Waals surface area (Å²) in [4.78, 5) is 0. The summed E-state index contributed by atoms with van der Waals surface area (Å²) in [5, 5.41) is 10.1. The third-order valence-electron chi connectivity index (χ3n) is 2.73. The molecule has 0 saturated heterocycles. The molecule has 0 unspecified atom stereocenters. The summed E-state index contributed by atoms with van der Waals surface area (Å²) in [6.07, 6.45) is 0. The van der Waals surface area contributed by atoms with Gasteiger partial charge in [-0.1, -0.05) is 0 Å². The quantitative estimate of drug-likeness (QED) is 0.872. The molecule has 4 nitrogen and oxygen atoms in total. The zero-order valence-electron chi connectivity index (χ0n) is 10.4. The molecular formula is C13H18O4. The fourth-order valence-electron chi connectivity index (χ4n) is 1.98. The van der Waals surface area contributed by atoms with Gasteiger partial charge in [-0.2, -0.15) is 0 Å². The van der Waals surface area contributed by atoms with Crippen LogP contribution in [-0.4, -0.2) is 25.4 Å². The van der Waals surface area contributed by atoms with Gasteiger partial charge in [-0.3, -0.25) is 0 Å². The highest BCUT2D eigenvalue weighted by atomic mass is 16.6. The maximum absolute atomic E-state index is 10.1. The number of hydrogen-bond acceptors (Lipinski definition) is 4. The van der Waals surface area contributed by atoms with Crippen molar-refractivity contribution in [2.75, 3.05) is 20.3 Å². The van der Waals surface area contributed by atoms with Gasteiger partial charge < -0.3 is 19.3 Å². The zero-order chi connectivity index (χ0) is 12.5. The van der Waals surface area contributed by atoms with Gasteiger partial charge in [0.25, 0.3) is 0 Å². The number of fused-ring (bicyclic) bond motifs is 1. The third kappa shape index (κ3) is 2.53. The normalized spacial score (nSPS) is 14.8. The van der Waals surface area contributed by atoms with E-state index in [-0.39, 0.29) is 0 Å². The highest BCUT2D eigenvalue weighted by Crippen LogP contribution is 2.37. The Morgan fingerprint density at radius 3 is 2.35 bits per heavy atom. The topological polar surface area (TPSA) is 47.9 Å². The number of rotatable bonds is 3. The molecule has 0 atom stereocenters. The minimum Gasteiger partial charge on any atom is -0.486 e. The number of methoxy groups -OCH3 is 1. The van der Waals surface area contributed by atoms with Crippen LogP contribution >= 0.6 is 0 Å². The van der Waals surface area contributed by atoms with Crippen molar-refractivity contribution in [3.8, 4) is 11.5 Å². The lowest BCUT2D eigenvalue weighted by Gasteiger charge is -2.26. The van der Waals surface area contributed by atoms with Crippen molar-refractivity contribution < 1.29 is 19.3 Å². The largest absolute Gasteiger partial charge is 0.486 e. The molecule has 1 N–H and O–H groups in total. The Kier molecular flexibility index (Phi) is 3.26. The Morgan fingerprint density at radius 1 is 1.24 bits per heavy atom. The van der Waals surface area contributed by atoms with Gasteiger partial charge >= 0.3 is 0 Å². The summed E-state index contributed by atoms with van der Waals surface area (Å²) in [5.74, 6) is 1.41. The lowest BCUT2D eigenvalue weighted by atomic mass is 9.92. The molecule has 0 amide bonds. The van der Waals surface area contributed by atoms with Crippen molar-refractivity contribution in [3.05, 3.63) is 23.3 Å². The van der Waals surface area contributed by atoms with E-state index in [0.29, 0.717) is 25.6 Å². The molecule has 1 aromatic carbocycles. The molecule has 1 aliphatic heterocycles. The molecule has 0 spiro atoms. The van der Waals surface area contributed by atoms with E-state index >= 15 is 0 Å². The van der Waals surface area contributed by atoms with Crippen molar-refractivity contribution in [2.45, 2.75) is 26.1 Å². The fraction of sp³-hybridized carbons (Fsp3) is 0.538. The molecular weight excluding hydrogens is 220 g/mol. The molecule has 17 heavy (non-hydrogen) atoms. The van der Waals surface area contributed by atoms with Gasteiger partial charge in [0, 0.05) is 7.11 Å². The Morgan fingerprint density at radius 2 is 1.82 bits per heavy atom. The standard InChI is InChI=1S/C13H18O4/c1-13(2,14)10-7-12-11(16-4-5-17-12)6-9(10)8-15-3/h6-7,14H,4-5,8H2,1-3H3. The van der Waals surface area contributed by atoms with Gasteiger partial charge in [0.2, 0.25) is 0 Å². The number of aliphatic hydroxyl groups is 1. The molecule has 1 aromatic rings. The average molecular weight is 238 g/mol. The lowest BCUT2D eigenvalue weighted by Crippen LogP contribution is -2.21. The summed E-state index contributed by atoms with van der Waals surface area (Å²) in [5.41, 5.74) is 0.803. The molecule has 0 saturated carbocycles. The van der Waals surface area contributed by atoms with Gasteiger partial charge in [-0.05, 0) is 37.1 Å². The predicted molar refractivity (Wildman–Crippen MR) is 63.4 cm³/mol. The lowest BCUT2D eigenvalue weighted by molar-refractivity contribution is 0.0735. The van der Waals surface area contributed by atoms with Crippen LogP contribution in [0, 0.1) is 0 Å². The van der Waals surface area contributed by atoms with Crippen molar-refractivity contribution >= 4 is 0 Å². The number of benzene rings is 1. The Hall–Kier alpha value is -1.26. The van der Waals surface area contributed by atoms with E-state index in [0.717, 1.165) is 16.9 Å². The third-order valence-corrected chi connectivity index (χ3v) is 2.73. The molecule has 0 fully saturated rings. The molecule has 0 radical (unpaired) electrons. The van der Waals surface area contributed by atoms with Crippen LogP contribution in [-0.2, 0) is 16.9 Å². The van der Waals surface area contributed by atoms with Crippen molar-refractivity contribution in [3.63, 3.8) is 0 Å². The van der Waals surface area contributed by atoms with Gasteiger partial charge in [0.1, 0.15) is 13.2 Å². The van der Waals surface area contributed by atoms with Crippen molar-refractivity contribution in [1.82, 2.24) is 0 Å².